The highest BCUT2D eigenvalue weighted by Gasteiger charge is 2.23. The number of aryl methyl sites for hydroxylation is 1. The van der Waals surface area contributed by atoms with Gasteiger partial charge in [0.25, 0.3) is 0 Å². The zero-order valence-corrected chi connectivity index (χ0v) is 12.2. The fourth-order valence-electron chi connectivity index (χ4n) is 1.66. The Morgan fingerprint density at radius 1 is 1.43 bits per heavy atom. The second kappa shape index (κ2) is 5.45. The summed E-state index contributed by atoms with van der Waals surface area (Å²) in [5, 5.41) is 11.8. The van der Waals surface area contributed by atoms with Crippen LogP contribution in [0.5, 0.6) is 0 Å². The predicted molar refractivity (Wildman–Crippen MR) is 70.5 cm³/mol. The van der Waals surface area contributed by atoms with Crippen LogP contribution in [0.3, 0.4) is 0 Å². The monoisotopic (exact) mass is 333 g/mol. The molecule has 0 fully saturated rings. The van der Waals surface area contributed by atoms with E-state index in [0.717, 1.165) is 6.07 Å². The molecule has 0 saturated carbocycles. The van der Waals surface area contributed by atoms with Crippen molar-refractivity contribution in [1.82, 2.24) is 5.16 Å². The summed E-state index contributed by atoms with van der Waals surface area (Å²) in [5.74, 6) is -2.75. The molecule has 0 unspecified atom stereocenters. The summed E-state index contributed by atoms with van der Waals surface area (Å²) >= 11 is 5.50. The minimum Gasteiger partial charge on any atom is -0.478 e. The van der Waals surface area contributed by atoms with Gasteiger partial charge in [0.1, 0.15) is 17.3 Å². The SMILES string of the molecule is Cc1cc(CS(=O)(=O)c2cc(F)c(Cl)c(C(=O)O)c2)no1. The molecule has 0 atom stereocenters. The van der Waals surface area contributed by atoms with Crippen molar-refractivity contribution in [1.29, 1.82) is 0 Å². The van der Waals surface area contributed by atoms with Crippen LogP contribution in [-0.4, -0.2) is 24.7 Å². The normalized spacial score (nSPS) is 11.6. The molecule has 2 aromatic rings. The summed E-state index contributed by atoms with van der Waals surface area (Å²) in [6.07, 6.45) is 0. The molecule has 0 saturated heterocycles. The fourth-order valence-corrected chi connectivity index (χ4v) is 3.13. The van der Waals surface area contributed by atoms with Crippen molar-refractivity contribution in [3.63, 3.8) is 0 Å². The maximum atomic E-state index is 13.6. The van der Waals surface area contributed by atoms with Gasteiger partial charge in [0.15, 0.2) is 9.84 Å². The van der Waals surface area contributed by atoms with Gasteiger partial charge in [-0.15, -0.1) is 0 Å². The van der Waals surface area contributed by atoms with Crippen molar-refractivity contribution >= 4 is 27.4 Å². The molecule has 2 rings (SSSR count). The van der Waals surface area contributed by atoms with Crippen LogP contribution in [0.25, 0.3) is 0 Å². The first-order chi connectivity index (χ1) is 9.70. The number of hydrogen-bond acceptors (Lipinski definition) is 5. The van der Waals surface area contributed by atoms with Crippen LogP contribution in [-0.2, 0) is 15.6 Å². The number of carboxylic acid groups (broad SMARTS) is 1. The third kappa shape index (κ3) is 3.22. The van der Waals surface area contributed by atoms with Gasteiger partial charge in [0.2, 0.25) is 0 Å². The van der Waals surface area contributed by atoms with E-state index in [1.165, 1.54) is 6.07 Å². The van der Waals surface area contributed by atoms with Gasteiger partial charge in [0.05, 0.1) is 21.2 Å². The maximum Gasteiger partial charge on any atom is 0.337 e. The molecule has 1 N–H and O–H groups in total. The Morgan fingerprint density at radius 3 is 2.62 bits per heavy atom. The zero-order chi connectivity index (χ0) is 15.8. The van der Waals surface area contributed by atoms with Gasteiger partial charge in [-0.2, -0.15) is 0 Å². The van der Waals surface area contributed by atoms with Crippen LogP contribution in [0, 0.1) is 12.7 Å². The standard InChI is InChI=1S/C12H9ClFNO5S/c1-6-2-7(15-20-6)5-21(18,19)8-3-9(12(16)17)11(13)10(14)4-8/h2-4H,5H2,1H3,(H,16,17). The largest absolute Gasteiger partial charge is 0.478 e. The number of rotatable bonds is 4. The average Bonchev–Trinajstić information content (AvgIpc) is 2.76. The molecule has 1 heterocycles. The molecule has 1 aromatic carbocycles. The van der Waals surface area contributed by atoms with E-state index in [1.807, 2.05) is 0 Å². The van der Waals surface area contributed by atoms with Crippen LogP contribution >= 0.6 is 11.6 Å². The highest BCUT2D eigenvalue weighted by molar-refractivity contribution is 7.90. The number of halogens is 2. The van der Waals surface area contributed by atoms with Gasteiger partial charge < -0.3 is 9.63 Å². The number of nitrogens with zero attached hydrogens (tertiary/aromatic N) is 1. The molecular formula is C12H9ClFNO5S. The lowest BCUT2D eigenvalue weighted by atomic mass is 10.2. The van der Waals surface area contributed by atoms with Crippen molar-refractivity contribution in [2.45, 2.75) is 17.6 Å². The number of sulfone groups is 1. The molecular weight excluding hydrogens is 325 g/mol. The third-order valence-electron chi connectivity index (χ3n) is 2.61. The van der Waals surface area contributed by atoms with Crippen LogP contribution in [0.1, 0.15) is 21.8 Å². The van der Waals surface area contributed by atoms with Gasteiger partial charge in [-0.05, 0) is 19.1 Å². The summed E-state index contributed by atoms with van der Waals surface area (Å²) in [4.78, 5) is 10.5. The average molecular weight is 334 g/mol. The Bertz CT molecular complexity index is 815. The molecule has 1 aromatic heterocycles. The van der Waals surface area contributed by atoms with Crippen LogP contribution in [0.15, 0.2) is 27.6 Å². The minimum absolute atomic E-state index is 0.139. The van der Waals surface area contributed by atoms with Gasteiger partial charge in [-0.1, -0.05) is 16.8 Å². The highest BCUT2D eigenvalue weighted by atomic mass is 35.5. The van der Waals surface area contributed by atoms with Crippen LogP contribution < -0.4 is 0 Å². The maximum absolute atomic E-state index is 13.6. The molecule has 0 aliphatic carbocycles. The van der Waals surface area contributed by atoms with E-state index in [9.17, 15) is 17.6 Å². The number of carboxylic acids is 1. The number of benzene rings is 1. The lowest BCUT2D eigenvalue weighted by Gasteiger charge is -2.06. The molecule has 0 aliphatic heterocycles. The predicted octanol–water partition coefficient (Wildman–Crippen LogP) is 2.45. The van der Waals surface area contributed by atoms with E-state index >= 15 is 0 Å². The first-order valence-electron chi connectivity index (χ1n) is 5.58. The molecule has 6 nitrogen and oxygen atoms in total. The van der Waals surface area contributed by atoms with E-state index < -0.39 is 42.9 Å². The van der Waals surface area contributed by atoms with Crippen molar-refractivity contribution in [2.24, 2.45) is 0 Å². The van der Waals surface area contributed by atoms with Crippen molar-refractivity contribution < 1.29 is 27.2 Å². The van der Waals surface area contributed by atoms with E-state index in [4.69, 9.17) is 21.2 Å². The van der Waals surface area contributed by atoms with E-state index in [-0.39, 0.29) is 5.69 Å². The second-order valence-corrected chi connectivity index (χ2v) is 6.63. The fraction of sp³-hybridized carbons (Fsp3) is 0.167. The Balaban J connectivity index is 2.47. The molecule has 21 heavy (non-hydrogen) atoms. The Labute approximate surface area is 124 Å². The number of hydrogen-bond donors (Lipinski definition) is 1. The van der Waals surface area contributed by atoms with Crippen LogP contribution in [0.4, 0.5) is 4.39 Å². The zero-order valence-electron chi connectivity index (χ0n) is 10.6. The first-order valence-corrected chi connectivity index (χ1v) is 7.61. The van der Waals surface area contributed by atoms with Gasteiger partial charge in [0, 0.05) is 6.07 Å². The van der Waals surface area contributed by atoms with E-state index in [0.29, 0.717) is 11.8 Å². The Hall–Kier alpha value is -1.93. The molecule has 0 amide bonds. The highest BCUT2D eigenvalue weighted by Crippen LogP contribution is 2.26. The van der Waals surface area contributed by atoms with Gasteiger partial charge in [-0.3, -0.25) is 0 Å². The minimum atomic E-state index is -3.98. The smallest absolute Gasteiger partial charge is 0.337 e. The van der Waals surface area contributed by atoms with Crippen molar-refractivity contribution in [2.75, 3.05) is 0 Å². The molecule has 0 radical (unpaired) electrons. The summed E-state index contributed by atoms with van der Waals surface area (Å²) in [6, 6.07) is 2.91. The Morgan fingerprint density at radius 2 is 2.10 bits per heavy atom. The number of aromatic carboxylic acids is 1. The summed E-state index contributed by atoms with van der Waals surface area (Å²) < 4.78 is 42.7. The van der Waals surface area contributed by atoms with E-state index in [2.05, 4.69) is 5.16 Å². The lowest BCUT2D eigenvalue weighted by molar-refractivity contribution is 0.0696. The lowest BCUT2D eigenvalue weighted by Crippen LogP contribution is -2.09. The van der Waals surface area contributed by atoms with E-state index in [1.54, 1.807) is 6.92 Å². The summed E-state index contributed by atoms with van der Waals surface area (Å²) in [5.41, 5.74) is -0.480. The molecule has 0 aliphatic rings. The number of aromatic nitrogens is 1. The number of carbonyl (C=O) groups is 1. The third-order valence-corrected chi connectivity index (χ3v) is 4.62. The molecule has 0 spiro atoms. The second-order valence-electron chi connectivity index (χ2n) is 4.26. The Kier molecular flexibility index (Phi) is 4.02. The molecule has 9 heteroatoms. The van der Waals surface area contributed by atoms with Gasteiger partial charge in [-0.25, -0.2) is 17.6 Å². The molecule has 0 bridgehead atoms. The summed E-state index contributed by atoms with van der Waals surface area (Å²) in [7, 11) is -3.98. The summed E-state index contributed by atoms with van der Waals surface area (Å²) in [6.45, 7) is 1.59. The topological polar surface area (TPSA) is 97.5 Å². The van der Waals surface area contributed by atoms with Gasteiger partial charge >= 0.3 is 5.97 Å². The van der Waals surface area contributed by atoms with Crippen LogP contribution in [0.2, 0.25) is 5.02 Å². The first kappa shape index (κ1) is 15.5. The van der Waals surface area contributed by atoms with Crippen molar-refractivity contribution in [3.05, 3.63) is 46.1 Å². The quantitative estimate of drug-likeness (QED) is 0.923. The molecule has 112 valence electrons. The van der Waals surface area contributed by atoms with Crippen molar-refractivity contribution in [3.8, 4) is 0 Å².